The Kier molecular flexibility index (Phi) is 6.18. The maximum atomic E-state index is 12.7. The van der Waals surface area contributed by atoms with E-state index in [1.54, 1.807) is 66.9 Å². The Morgan fingerprint density at radius 1 is 0.929 bits per heavy atom. The molecule has 2 amide bonds. The molecule has 0 aliphatic heterocycles. The zero-order valence-corrected chi connectivity index (χ0v) is 15.9. The van der Waals surface area contributed by atoms with Gasteiger partial charge >= 0.3 is 5.97 Å². The lowest BCUT2D eigenvalue weighted by molar-refractivity contribution is 0.0526. The van der Waals surface area contributed by atoms with Gasteiger partial charge in [0.25, 0.3) is 11.8 Å². The van der Waals surface area contributed by atoms with Gasteiger partial charge in [0.2, 0.25) is 0 Å². The molecule has 2 N–H and O–H groups in total. The van der Waals surface area contributed by atoms with Crippen LogP contribution in [0.15, 0.2) is 65.4 Å². The summed E-state index contributed by atoms with van der Waals surface area (Å²) in [6.07, 6.45) is 0. The molecule has 28 heavy (non-hydrogen) atoms. The summed E-state index contributed by atoms with van der Waals surface area (Å²) in [5, 5.41) is 9.05. The van der Waals surface area contributed by atoms with E-state index < -0.39 is 11.9 Å². The zero-order chi connectivity index (χ0) is 19.9. The molecule has 0 unspecified atom stereocenters. The van der Waals surface area contributed by atoms with Crippen molar-refractivity contribution in [1.82, 2.24) is 0 Å². The standard InChI is InChI=1S/C21H18N2O4S/c1-2-27-21(26)14-6-5-7-16(12-14)22-20(25)17-8-3-4-9-18(17)23-19(24)15-10-11-28-13-15/h3-13H,2H2,1H3,(H,22,25)(H,23,24). The summed E-state index contributed by atoms with van der Waals surface area (Å²) in [7, 11) is 0. The van der Waals surface area contributed by atoms with Gasteiger partial charge in [0.15, 0.2) is 0 Å². The molecule has 1 aromatic heterocycles. The fourth-order valence-corrected chi connectivity index (χ4v) is 3.15. The van der Waals surface area contributed by atoms with E-state index in [0.717, 1.165) is 0 Å². The average molecular weight is 394 g/mol. The number of esters is 1. The van der Waals surface area contributed by atoms with E-state index in [1.165, 1.54) is 11.3 Å². The van der Waals surface area contributed by atoms with Crippen molar-refractivity contribution in [3.05, 3.63) is 82.0 Å². The van der Waals surface area contributed by atoms with Crippen molar-refractivity contribution in [2.24, 2.45) is 0 Å². The molecule has 2 aromatic carbocycles. The van der Waals surface area contributed by atoms with E-state index in [1.807, 2.05) is 5.38 Å². The highest BCUT2D eigenvalue weighted by molar-refractivity contribution is 7.08. The van der Waals surface area contributed by atoms with Crippen LogP contribution in [0.1, 0.15) is 38.0 Å². The summed E-state index contributed by atoms with van der Waals surface area (Å²) < 4.78 is 4.97. The predicted octanol–water partition coefficient (Wildman–Crippen LogP) is 4.43. The molecule has 0 spiro atoms. The van der Waals surface area contributed by atoms with Gasteiger partial charge in [-0.25, -0.2) is 4.79 Å². The highest BCUT2D eigenvalue weighted by Gasteiger charge is 2.15. The lowest BCUT2D eigenvalue weighted by Crippen LogP contribution is -2.18. The Balaban J connectivity index is 1.77. The second-order valence-corrected chi connectivity index (χ2v) is 6.55. The number of hydrogen-bond donors (Lipinski definition) is 2. The van der Waals surface area contributed by atoms with Crippen molar-refractivity contribution >= 4 is 40.5 Å². The first-order valence-electron chi connectivity index (χ1n) is 8.59. The van der Waals surface area contributed by atoms with Gasteiger partial charge in [0, 0.05) is 11.1 Å². The molecule has 1 heterocycles. The lowest BCUT2D eigenvalue weighted by Gasteiger charge is -2.12. The van der Waals surface area contributed by atoms with Crippen LogP contribution in [0.4, 0.5) is 11.4 Å². The number of ether oxygens (including phenoxy) is 1. The molecular formula is C21H18N2O4S. The molecular weight excluding hydrogens is 376 g/mol. The fourth-order valence-electron chi connectivity index (χ4n) is 2.52. The molecule has 6 nitrogen and oxygen atoms in total. The van der Waals surface area contributed by atoms with Crippen molar-refractivity contribution in [3.63, 3.8) is 0 Å². The normalized spacial score (nSPS) is 10.2. The minimum Gasteiger partial charge on any atom is -0.462 e. The van der Waals surface area contributed by atoms with Crippen LogP contribution in [-0.4, -0.2) is 24.4 Å². The van der Waals surface area contributed by atoms with Crippen LogP contribution in [0.5, 0.6) is 0 Å². The molecule has 7 heteroatoms. The van der Waals surface area contributed by atoms with Crippen molar-refractivity contribution in [1.29, 1.82) is 0 Å². The zero-order valence-electron chi connectivity index (χ0n) is 15.1. The van der Waals surface area contributed by atoms with Crippen LogP contribution in [0.25, 0.3) is 0 Å². The van der Waals surface area contributed by atoms with Gasteiger partial charge in [-0.3, -0.25) is 9.59 Å². The van der Waals surface area contributed by atoms with Crippen molar-refractivity contribution in [3.8, 4) is 0 Å². The summed E-state index contributed by atoms with van der Waals surface area (Å²) in [5.74, 6) is -1.14. The monoisotopic (exact) mass is 394 g/mol. The van der Waals surface area contributed by atoms with Crippen LogP contribution in [0.3, 0.4) is 0 Å². The molecule has 0 atom stereocenters. The number of amides is 2. The Labute approximate surface area is 166 Å². The van der Waals surface area contributed by atoms with Crippen LogP contribution < -0.4 is 10.6 Å². The van der Waals surface area contributed by atoms with Crippen molar-refractivity contribution in [2.75, 3.05) is 17.2 Å². The Bertz CT molecular complexity index is 999. The van der Waals surface area contributed by atoms with Crippen LogP contribution in [0, 0.1) is 0 Å². The fraction of sp³-hybridized carbons (Fsp3) is 0.0952. The lowest BCUT2D eigenvalue weighted by atomic mass is 10.1. The number of carbonyl (C=O) groups excluding carboxylic acids is 3. The van der Waals surface area contributed by atoms with Crippen LogP contribution in [-0.2, 0) is 4.74 Å². The third-order valence-corrected chi connectivity index (χ3v) is 4.52. The Hall–Kier alpha value is -3.45. The minimum absolute atomic E-state index is 0.270. The maximum absolute atomic E-state index is 12.7. The number of thiophene rings is 1. The number of carbonyl (C=O) groups is 3. The topological polar surface area (TPSA) is 84.5 Å². The molecule has 0 bridgehead atoms. The second-order valence-electron chi connectivity index (χ2n) is 5.77. The first-order valence-corrected chi connectivity index (χ1v) is 9.54. The largest absolute Gasteiger partial charge is 0.462 e. The number of para-hydroxylation sites is 1. The first-order chi connectivity index (χ1) is 13.6. The van der Waals surface area contributed by atoms with Gasteiger partial charge in [-0.15, -0.1) is 0 Å². The van der Waals surface area contributed by atoms with Gasteiger partial charge in [-0.05, 0) is 48.7 Å². The number of nitrogens with one attached hydrogen (secondary N) is 2. The van der Waals surface area contributed by atoms with Gasteiger partial charge < -0.3 is 15.4 Å². The Morgan fingerprint density at radius 3 is 2.50 bits per heavy atom. The summed E-state index contributed by atoms with van der Waals surface area (Å²) in [5.41, 5.74) is 2.04. The van der Waals surface area contributed by atoms with Crippen LogP contribution >= 0.6 is 11.3 Å². The second kappa shape index (κ2) is 8.96. The van der Waals surface area contributed by atoms with E-state index >= 15 is 0 Å². The molecule has 0 fully saturated rings. The number of hydrogen-bond acceptors (Lipinski definition) is 5. The van der Waals surface area contributed by atoms with E-state index in [-0.39, 0.29) is 12.5 Å². The number of anilines is 2. The quantitative estimate of drug-likeness (QED) is 0.606. The highest BCUT2D eigenvalue weighted by atomic mass is 32.1. The molecule has 0 aliphatic rings. The summed E-state index contributed by atoms with van der Waals surface area (Å²) in [4.78, 5) is 36.9. The van der Waals surface area contributed by atoms with Gasteiger partial charge in [0.1, 0.15) is 0 Å². The molecule has 3 rings (SSSR count). The molecule has 0 radical (unpaired) electrons. The summed E-state index contributed by atoms with van der Waals surface area (Å²) in [6, 6.07) is 14.9. The van der Waals surface area contributed by atoms with E-state index in [2.05, 4.69) is 10.6 Å². The van der Waals surface area contributed by atoms with Gasteiger partial charge in [-0.2, -0.15) is 11.3 Å². The van der Waals surface area contributed by atoms with Gasteiger partial charge in [0.05, 0.1) is 29.0 Å². The minimum atomic E-state index is -0.456. The van der Waals surface area contributed by atoms with Crippen LogP contribution in [0.2, 0.25) is 0 Å². The van der Waals surface area contributed by atoms with E-state index in [9.17, 15) is 14.4 Å². The van der Waals surface area contributed by atoms with Crippen molar-refractivity contribution in [2.45, 2.75) is 6.92 Å². The van der Waals surface area contributed by atoms with Gasteiger partial charge in [-0.1, -0.05) is 18.2 Å². The molecule has 0 saturated heterocycles. The third-order valence-electron chi connectivity index (χ3n) is 3.83. The third kappa shape index (κ3) is 4.63. The molecule has 3 aromatic rings. The first kappa shape index (κ1) is 19.3. The molecule has 142 valence electrons. The predicted molar refractivity (Wildman–Crippen MR) is 109 cm³/mol. The van der Waals surface area contributed by atoms with E-state index in [4.69, 9.17) is 4.74 Å². The van der Waals surface area contributed by atoms with E-state index in [0.29, 0.717) is 28.1 Å². The maximum Gasteiger partial charge on any atom is 0.338 e. The molecule has 0 aliphatic carbocycles. The summed E-state index contributed by atoms with van der Waals surface area (Å²) in [6.45, 7) is 2.00. The Morgan fingerprint density at radius 2 is 1.75 bits per heavy atom. The number of benzene rings is 2. The van der Waals surface area contributed by atoms with Crippen molar-refractivity contribution < 1.29 is 19.1 Å². The summed E-state index contributed by atoms with van der Waals surface area (Å²) >= 11 is 1.42. The highest BCUT2D eigenvalue weighted by Crippen LogP contribution is 2.20. The number of rotatable bonds is 6. The SMILES string of the molecule is CCOC(=O)c1cccc(NC(=O)c2ccccc2NC(=O)c2ccsc2)c1. The average Bonchev–Trinajstić information content (AvgIpc) is 3.24. The molecule has 0 saturated carbocycles. The smallest absolute Gasteiger partial charge is 0.338 e.